The average Bonchev–Trinajstić information content (AvgIpc) is 1.97. The molecule has 0 nitrogen and oxygen atoms in total. The van der Waals surface area contributed by atoms with Crippen LogP contribution in [0, 0.1) is 6.92 Å². The van der Waals surface area contributed by atoms with Gasteiger partial charge in [-0.05, 0) is 32.6 Å². The number of unbranched alkanes of at least 4 members (excludes halogenated alkanes) is 2. The van der Waals surface area contributed by atoms with E-state index in [-0.39, 0.29) is 0 Å². The topological polar surface area (TPSA) is 0 Å². The number of rotatable bonds is 5. The first kappa shape index (κ1) is 9.48. The lowest BCUT2D eigenvalue weighted by atomic mass is 10.2. The zero-order chi connectivity index (χ0) is 7.66. The van der Waals surface area contributed by atoms with Crippen LogP contribution in [0.3, 0.4) is 0 Å². The van der Waals surface area contributed by atoms with Gasteiger partial charge >= 0.3 is 0 Å². The summed E-state index contributed by atoms with van der Waals surface area (Å²) in [7, 11) is 0. The molecule has 0 heterocycles. The van der Waals surface area contributed by atoms with Crippen LogP contribution in [0.15, 0.2) is 24.3 Å². The maximum atomic E-state index is 3.62. The first-order valence-corrected chi connectivity index (χ1v) is 4.01. The Morgan fingerprint density at radius 1 is 1.10 bits per heavy atom. The molecule has 0 spiro atoms. The van der Waals surface area contributed by atoms with Crippen LogP contribution in [0.1, 0.15) is 32.6 Å². The summed E-state index contributed by atoms with van der Waals surface area (Å²) in [5.41, 5.74) is 0. The highest BCUT2D eigenvalue weighted by Crippen LogP contribution is 1.97. The third kappa shape index (κ3) is 7.48. The maximum Gasteiger partial charge on any atom is -0.0316 e. The first-order chi connectivity index (χ1) is 4.91. The predicted octanol–water partition coefficient (Wildman–Crippen LogP) is 3.51. The lowest BCUT2D eigenvalue weighted by molar-refractivity contribution is 0.865. The molecule has 0 bridgehead atoms. The summed E-state index contributed by atoms with van der Waals surface area (Å²) in [5.74, 6) is 0. The van der Waals surface area contributed by atoms with Gasteiger partial charge < -0.3 is 0 Å². The van der Waals surface area contributed by atoms with E-state index in [1.807, 2.05) is 6.08 Å². The highest BCUT2D eigenvalue weighted by atomic mass is 13.8. The van der Waals surface area contributed by atoms with E-state index in [4.69, 9.17) is 0 Å². The molecule has 0 fully saturated rings. The lowest BCUT2D eigenvalue weighted by Crippen LogP contribution is -1.67. The monoisotopic (exact) mass is 137 g/mol. The Morgan fingerprint density at radius 2 is 1.80 bits per heavy atom. The second-order valence-electron chi connectivity index (χ2n) is 2.28. The maximum absolute atomic E-state index is 3.62. The number of allylic oxidation sites excluding steroid dienone is 4. The standard InChI is InChI=1S/C10H17/c1-3-5-7-9-10-8-6-4-2/h3,5-6,8H,1,4,7,9-10H2,2H3/b5-3+,8-6+. The molecule has 1 radical (unpaired) electrons. The Hall–Kier alpha value is -0.520. The van der Waals surface area contributed by atoms with Crippen LogP contribution in [-0.2, 0) is 0 Å². The van der Waals surface area contributed by atoms with Gasteiger partial charge in [0.2, 0.25) is 0 Å². The second-order valence-corrected chi connectivity index (χ2v) is 2.28. The van der Waals surface area contributed by atoms with Crippen molar-refractivity contribution in [3.05, 3.63) is 31.2 Å². The van der Waals surface area contributed by atoms with E-state index in [9.17, 15) is 0 Å². The van der Waals surface area contributed by atoms with Crippen molar-refractivity contribution in [1.82, 2.24) is 0 Å². The molecular formula is C10H17. The minimum atomic E-state index is 1.16. The summed E-state index contributed by atoms with van der Waals surface area (Å²) in [6.45, 7) is 5.78. The van der Waals surface area contributed by atoms with Crippen molar-refractivity contribution in [3.8, 4) is 0 Å². The van der Waals surface area contributed by atoms with Gasteiger partial charge in [0.15, 0.2) is 0 Å². The Morgan fingerprint density at radius 3 is 2.40 bits per heavy atom. The zero-order valence-corrected chi connectivity index (χ0v) is 6.84. The fourth-order valence-electron chi connectivity index (χ4n) is 0.756. The Balaban J connectivity index is 2.97. The Labute approximate surface area is 64.6 Å². The molecule has 0 aliphatic rings. The fourth-order valence-corrected chi connectivity index (χ4v) is 0.756. The molecule has 10 heavy (non-hydrogen) atoms. The quantitative estimate of drug-likeness (QED) is 0.402. The smallest absolute Gasteiger partial charge is 0.0316 e. The summed E-state index contributed by atoms with van der Waals surface area (Å²) in [6, 6.07) is 0. The van der Waals surface area contributed by atoms with Crippen LogP contribution in [0.5, 0.6) is 0 Å². The van der Waals surface area contributed by atoms with Crippen molar-refractivity contribution in [2.45, 2.75) is 32.6 Å². The molecular weight excluding hydrogens is 120 g/mol. The summed E-state index contributed by atoms with van der Waals surface area (Å²) in [4.78, 5) is 0. The minimum Gasteiger partial charge on any atom is -0.0888 e. The fraction of sp³-hybridized carbons (Fsp3) is 0.500. The molecule has 0 rings (SSSR count). The minimum absolute atomic E-state index is 1.16. The van der Waals surface area contributed by atoms with Crippen molar-refractivity contribution in [3.63, 3.8) is 0 Å². The van der Waals surface area contributed by atoms with E-state index < -0.39 is 0 Å². The lowest BCUT2D eigenvalue weighted by Gasteiger charge is -1.88. The second kappa shape index (κ2) is 8.48. The molecule has 0 unspecified atom stereocenters. The van der Waals surface area contributed by atoms with Gasteiger partial charge in [0, 0.05) is 0 Å². The van der Waals surface area contributed by atoms with Gasteiger partial charge in [-0.25, -0.2) is 0 Å². The average molecular weight is 137 g/mol. The number of hydrogen-bond donors (Lipinski definition) is 0. The summed E-state index contributed by atoms with van der Waals surface area (Å²) in [6.07, 6.45) is 13.2. The zero-order valence-electron chi connectivity index (χ0n) is 6.84. The van der Waals surface area contributed by atoms with Crippen molar-refractivity contribution >= 4 is 0 Å². The third-order valence-corrected chi connectivity index (χ3v) is 1.31. The molecule has 0 aliphatic carbocycles. The van der Waals surface area contributed by atoms with Crippen molar-refractivity contribution in [2.75, 3.05) is 0 Å². The Bertz CT molecular complexity index is 98.6. The molecule has 0 aliphatic heterocycles. The van der Waals surface area contributed by atoms with Crippen LogP contribution >= 0.6 is 0 Å². The molecule has 0 aromatic rings. The molecule has 0 saturated carbocycles. The summed E-state index contributed by atoms with van der Waals surface area (Å²) in [5, 5.41) is 0. The highest BCUT2D eigenvalue weighted by Gasteiger charge is 1.77. The molecule has 0 heteroatoms. The van der Waals surface area contributed by atoms with E-state index in [1.54, 1.807) is 0 Å². The molecule has 0 N–H and O–H groups in total. The van der Waals surface area contributed by atoms with E-state index in [1.165, 1.54) is 12.8 Å². The van der Waals surface area contributed by atoms with E-state index in [0.29, 0.717) is 0 Å². The molecule has 0 aromatic heterocycles. The third-order valence-electron chi connectivity index (χ3n) is 1.31. The van der Waals surface area contributed by atoms with Gasteiger partial charge in [-0.3, -0.25) is 0 Å². The predicted molar refractivity (Wildman–Crippen MR) is 47.8 cm³/mol. The van der Waals surface area contributed by atoms with Crippen molar-refractivity contribution in [2.24, 2.45) is 0 Å². The molecule has 0 aromatic carbocycles. The normalized spacial score (nSPS) is 11.8. The van der Waals surface area contributed by atoms with Gasteiger partial charge in [-0.1, -0.05) is 31.2 Å². The van der Waals surface area contributed by atoms with Crippen molar-refractivity contribution < 1.29 is 0 Å². The Kier molecular flexibility index (Phi) is 8.04. The molecule has 0 saturated heterocycles. The van der Waals surface area contributed by atoms with Gasteiger partial charge in [-0.2, -0.15) is 0 Å². The van der Waals surface area contributed by atoms with E-state index in [0.717, 1.165) is 12.8 Å². The van der Waals surface area contributed by atoms with Crippen LogP contribution < -0.4 is 0 Å². The highest BCUT2D eigenvalue weighted by molar-refractivity contribution is 4.85. The molecule has 0 atom stereocenters. The van der Waals surface area contributed by atoms with Gasteiger partial charge in [-0.15, -0.1) is 0 Å². The summed E-state index contributed by atoms with van der Waals surface area (Å²) >= 11 is 0. The number of hydrogen-bond acceptors (Lipinski definition) is 0. The van der Waals surface area contributed by atoms with Crippen LogP contribution in [-0.4, -0.2) is 0 Å². The molecule has 57 valence electrons. The van der Waals surface area contributed by atoms with Crippen LogP contribution in [0.4, 0.5) is 0 Å². The first-order valence-electron chi connectivity index (χ1n) is 4.01. The van der Waals surface area contributed by atoms with Crippen molar-refractivity contribution in [1.29, 1.82) is 0 Å². The summed E-state index contributed by atoms with van der Waals surface area (Å²) < 4.78 is 0. The van der Waals surface area contributed by atoms with Gasteiger partial charge in [0.25, 0.3) is 0 Å². The largest absolute Gasteiger partial charge is 0.0888 e. The van der Waals surface area contributed by atoms with Gasteiger partial charge in [0.1, 0.15) is 0 Å². The van der Waals surface area contributed by atoms with Crippen LogP contribution in [0.25, 0.3) is 0 Å². The molecule has 0 amide bonds. The van der Waals surface area contributed by atoms with Gasteiger partial charge in [0.05, 0.1) is 0 Å². The van der Waals surface area contributed by atoms with E-state index >= 15 is 0 Å². The van der Waals surface area contributed by atoms with Crippen LogP contribution in [0.2, 0.25) is 0 Å². The van der Waals surface area contributed by atoms with E-state index in [2.05, 4.69) is 32.1 Å². The SMILES string of the molecule is [CH2]/C=C/CCC/C=C/CC.